The molecule has 1 amide bonds. The lowest BCUT2D eigenvalue weighted by Crippen LogP contribution is -2.34. The number of aromatic nitrogens is 3. The number of rotatable bonds is 9. The Bertz CT molecular complexity index is 1050. The van der Waals surface area contributed by atoms with Crippen molar-refractivity contribution in [2.24, 2.45) is 0 Å². The van der Waals surface area contributed by atoms with Crippen LogP contribution >= 0.6 is 11.8 Å². The van der Waals surface area contributed by atoms with Crippen molar-refractivity contribution in [3.8, 4) is 11.4 Å². The van der Waals surface area contributed by atoms with Gasteiger partial charge in [-0.3, -0.25) is 9.36 Å². The summed E-state index contributed by atoms with van der Waals surface area (Å²) in [7, 11) is 0. The number of nitrogens with one attached hydrogen (secondary N) is 1. The minimum atomic E-state index is -0.302. The minimum Gasteiger partial charge on any atom is -0.353 e. The molecule has 174 valence electrons. The highest BCUT2D eigenvalue weighted by Gasteiger charge is 2.25. The first-order chi connectivity index (χ1) is 16.1. The highest BCUT2D eigenvalue weighted by Crippen LogP contribution is 2.36. The van der Waals surface area contributed by atoms with Crippen molar-refractivity contribution < 1.29 is 9.18 Å². The summed E-state index contributed by atoms with van der Waals surface area (Å²) >= 11 is 1.38. The number of halogens is 1. The maximum atomic E-state index is 14.5. The average Bonchev–Trinajstić information content (AvgIpc) is 3.26. The van der Waals surface area contributed by atoms with E-state index in [1.807, 2.05) is 31.2 Å². The Kier molecular flexibility index (Phi) is 8.15. The first kappa shape index (κ1) is 23.5. The molecule has 0 saturated heterocycles. The Morgan fingerprint density at radius 2 is 1.82 bits per heavy atom. The van der Waals surface area contributed by atoms with E-state index in [1.165, 1.54) is 29.8 Å². The number of amides is 1. The minimum absolute atomic E-state index is 0.0220. The Morgan fingerprint density at radius 1 is 1.09 bits per heavy atom. The van der Waals surface area contributed by atoms with Gasteiger partial charge in [0.05, 0.1) is 11.3 Å². The van der Waals surface area contributed by atoms with E-state index < -0.39 is 0 Å². The van der Waals surface area contributed by atoms with Gasteiger partial charge in [-0.1, -0.05) is 73.5 Å². The van der Waals surface area contributed by atoms with Crippen LogP contribution in [0.25, 0.3) is 11.4 Å². The molecular formula is C26H31FN4OS. The maximum Gasteiger partial charge on any atom is 0.230 e. The largest absolute Gasteiger partial charge is 0.353 e. The van der Waals surface area contributed by atoms with E-state index in [4.69, 9.17) is 0 Å². The molecule has 1 heterocycles. The van der Waals surface area contributed by atoms with Crippen LogP contribution in [0.2, 0.25) is 0 Å². The summed E-state index contributed by atoms with van der Waals surface area (Å²) < 4.78 is 16.6. The highest BCUT2D eigenvalue weighted by atomic mass is 32.2. The highest BCUT2D eigenvalue weighted by molar-refractivity contribution is 7.99. The molecule has 0 spiro atoms. The normalized spacial score (nSPS) is 15.3. The Balaban J connectivity index is 1.41. The number of aryl methyl sites for hydroxylation is 1. The topological polar surface area (TPSA) is 59.8 Å². The van der Waals surface area contributed by atoms with Crippen molar-refractivity contribution in [3.63, 3.8) is 0 Å². The lowest BCUT2D eigenvalue weighted by atomic mass is 9.95. The maximum absolute atomic E-state index is 14.5. The predicted octanol–water partition coefficient (Wildman–Crippen LogP) is 5.82. The molecular weight excluding hydrogens is 435 g/mol. The lowest BCUT2D eigenvalue weighted by molar-refractivity contribution is -0.119. The summed E-state index contributed by atoms with van der Waals surface area (Å²) in [5.74, 6) is 0.492. The molecule has 5 nitrogen and oxygen atoms in total. The van der Waals surface area contributed by atoms with Gasteiger partial charge in [0.25, 0.3) is 0 Å². The van der Waals surface area contributed by atoms with Gasteiger partial charge < -0.3 is 5.32 Å². The lowest BCUT2D eigenvalue weighted by Gasteiger charge is -2.25. The second kappa shape index (κ2) is 11.5. The molecule has 1 atom stereocenters. The van der Waals surface area contributed by atoms with Gasteiger partial charge in [0.1, 0.15) is 5.82 Å². The van der Waals surface area contributed by atoms with E-state index in [9.17, 15) is 9.18 Å². The van der Waals surface area contributed by atoms with Crippen LogP contribution in [0.5, 0.6) is 0 Å². The van der Waals surface area contributed by atoms with E-state index in [2.05, 4.69) is 32.2 Å². The molecule has 0 aliphatic heterocycles. The zero-order valence-electron chi connectivity index (χ0n) is 19.0. The summed E-state index contributed by atoms with van der Waals surface area (Å²) in [4.78, 5) is 12.6. The summed E-state index contributed by atoms with van der Waals surface area (Å²) in [6.07, 6.45) is 7.37. The first-order valence-electron chi connectivity index (χ1n) is 11.8. The Labute approximate surface area is 199 Å². The van der Waals surface area contributed by atoms with Gasteiger partial charge in [0.15, 0.2) is 11.0 Å². The van der Waals surface area contributed by atoms with Gasteiger partial charge in [-0.25, -0.2) is 4.39 Å². The van der Waals surface area contributed by atoms with Crippen LogP contribution in [0.3, 0.4) is 0 Å². The molecule has 33 heavy (non-hydrogen) atoms. The van der Waals surface area contributed by atoms with Crippen molar-refractivity contribution in [3.05, 3.63) is 66.0 Å². The average molecular weight is 467 g/mol. The smallest absolute Gasteiger partial charge is 0.230 e. The molecule has 1 aliphatic rings. The molecule has 2 aromatic carbocycles. The van der Waals surface area contributed by atoms with Crippen molar-refractivity contribution in [2.75, 3.05) is 5.75 Å². The molecule has 1 fully saturated rings. The van der Waals surface area contributed by atoms with Crippen molar-refractivity contribution in [2.45, 2.75) is 69.1 Å². The van der Waals surface area contributed by atoms with Gasteiger partial charge in [0, 0.05) is 12.1 Å². The van der Waals surface area contributed by atoms with Crippen LogP contribution in [0, 0.1) is 5.82 Å². The van der Waals surface area contributed by atoms with E-state index in [1.54, 1.807) is 12.1 Å². The fourth-order valence-corrected chi connectivity index (χ4v) is 5.23. The predicted molar refractivity (Wildman–Crippen MR) is 131 cm³/mol. The van der Waals surface area contributed by atoms with Crippen LogP contribution in [-0.4, -0.2) is 32.5 Å². The molecule has 1 aliphatic carbocycles. The van der Waals surface area contributed by atoms with Crippen LogP contribution in [0.1, 0.15) is 57.1 Å². The van der Waals surface area contributed by atoms with Crippen LogP contribution in [0.4, 0.5) is 4.39 Å². The number of thioether (sulfide) groups is 1. The molecule has 1 N–H and O–H groups in total. The number of carbonyl (C=O) groups is 1. The number of nitrogens with zero attached hydrogens (tertiary/aromatic N) is 3. The quantitative estimate of drug-likeness (QED) is 0.404. The third-order valence-corrected chi connectivity index (χ3v) is 7.11. The second-order valence-electron chi connectivity index (χ2n) is 8.73. The summed E-state index contributed by atoms with van der Waals surface area (Å²) in [6.45, 7) is 2.03. The molecule has 4 rings (SSSR count). The fourth-order valence-electron chi connectivity index (χ4n) is 4.42. The van der Waals surface area contributed by atoms with Crippen LogP contribution in [-0.2, 0) is 11.2 Å². The zero-order valence-corrected chi connectivity index (χ0v) is 19.9. The van der Waals surface area contributed by atoms with Crippen molar-refractivity contribution in [1.82, 2.24) is 20.1 Å². The Hall–Kier alpha value is -2.67. The van der Waals surface area contributed by atoms with Crippen molar-refractivity contribution >= 4 is 17.7 Å². The van der Waals surface area contributed by atoms with Gasteiger partial charge in [-0.2, -0.15) is 0 Å². The third kappa shape index (κ3) is 6.22. The van der Waals surface area contributed by atoms with E-state index >= 15 is 0 Å². The van der Waals surface area contributed by atoms with Gasteiger partial charge >= 0.3 is 0 Å². The van der Waals surface area contributed by atoms with Crippen LogP contribution in [0.15, 0.2) is 59.8 Å². The summed E-state index contributed by atoms with van der Waals surface area (Å²) in [5, 5.41) is 12.5. The fraction of sp³-hybridized carbons (Fsp3) is 0.423. The number of hydrogen-bond donors (Lipinski definition) is 1. The first-order valence-corrected chi connectivity index (χ1v) is 12.8. The van der Waals surface area contributed by atoms with E-state index in [-0.39, 0.29) is 29.6 Å². The molecule has 1 unspecified atom stereocenters. The molecule has 3 aromatic rings. The monoisotopic (exact) mass is 466 g/mol. The molecule has 0 bridgehead atoms. The molecule has 0 radical (unpaired) electrons. The van der Waals surface area contributed by atoms with E-state index in [0.29, 0.717) is 16.5 Å². The zero-order chi connectivity index (χ0) is 23.0. The molecule has 7 heteroatoms. The molecule has 1 aromatic heterocycles. The van der Waals surface area contributed by atoms with Gasteiger partial charge in [0.2, 0.25) is 5.91 Å². The Morgan fingerprint density at radius 3 is 2.58 bits per heavy atom. The summed E-state index contributed by atoms with van der Waals surface area (Å²) in [6, 6.07) is 17.3. The van der Waals surface area contributed by atoms with Crippen molar-refractivity contribution in [1.29, 1.82) is 0 Å². The van der Waals surface area contributed by atoms with Crippen LogP contribution < -0.4 is 5.32 Å². The molecule has 1 saturated carbocycles. The SMILES string of the molecule is CC(CCc1ccccc1)NC(=O)CSc1nnc(-c2ccccc2F)n1C1CCCCC1. The third-order valence-electron chi connectivity index (χ3n) is 6.17. The second-order valence-corrected chi connectivity index (χ2v) is 9.67. The van der Waals surface area contributed by atoms with E-state index in [0.717, 1.165) is 38.5 Å². The number of carbonyl (C=O) groups excluding carboxylic acids is 1. The van der Waals surface area contributed by atoms with Gasteiger partial charge in [-0.15, -0.1) is 10.2 Å². The number of benzene rings is 2. The summed E-state index contributed by atoms with van der Waals surface area (Å²) in [5.41, 5.74) is 1.73. The number of hydrogen-bond acceptors (Lipinski definition) is 4. The standard InChI is InChI=1S/C26H31FN4OS/c1-19(16-17-20-10-4-2-5-11-20)28-24(32)18-33-26-30-29-25(22-14-8-9-15-23(22)27)31(26)21-12-6-3-7-13-21/h2,4-5,8-11,14-15,19,21H,3,6-7,12-13,16-18H2,1H3,(H,28,32). The van der Waals surface area contributed by atoms with Gasteiger partial charge in [-0.05, 0) is 50.3 Å².